The molecule has 0 radical (unpaired) electrons. The summed E-state index contributed by atoms with van der Waals surface area (Å²) in [4.78, 5) is 25.4. The van der Waals surface area contributed by atoms with Crippen LogP contribution in [0, 0.1) is 6.92 Å². The van der Waals surface area contributed by atoms with E-state index in [0.717, 1.165) is 11.1 Å². The van der Waals surface area contributed by atoms with Gasteiger partial charge >= 0.3 is 5.97 Å². The summed E-state index contributed by atoms with van der Waals surface area (Å²) in [7, 11) is 0. The number of benzene rings is 3. The fraction of sp³-hybridized carbons (Fsp3) is 0.273. The van der Waals surface area contributed by atoms with E-state index in [1.165, 1.54) is 6.21 Å². The van der Waals surface area contributed by atoms with Crippen LogP contribution < -0.4 is 30.3 Å². The first kappa shape index (κ1) is 32.0. The average molecular weight is 617 g/mol. The smallest absolute Gasteiger partial charge is 0.338 e. The number of hydrogen-bond donors (Lipinski definition) is 3. The van der Waals surface area contributed by atoms with Gasteiger partial charge in [-0.3, -0.25) is 4.79 Å². The van der Waals surface area contributed by atoms with Crippen molar-refractivity contribution >= 4 is 35.4 Å². The second kappa shape index (κ2) is 15.5. The minimum Gasteiger partial charge on any atom is -0.490 e. The molecule has 0 saturated heterocycles. The van der Waals surface area contributed by atoms with Gasteiger partial charge in [-0.1, -0.05) is 48.0 Å². The molecule has 3 aromatic rings. The summed E-state index contributed by atoms with van der Waals surface area (Å²) in [6, 6.07) is 20.0. The molecule has 1 aliphatic rings. The van der Waals surface area contributed by atoms with Gasteiger partial charge in [-0.05, 0) is 75.3 Å². The van der Waals surface area contributed by atoms with Gasteiger partial charge in [0.15, 0.2) is 23.2 Å². The van der Waals surface area contributed by atoms with Crippen molar-refractivity contribution in [3.63, 3.8) is 0 Å². The van der Waals surface area contributed by atoms with Crippen molar-refractivity contribution in [1.82, 2.24) is 16.1 Å². The lowest BCUT2D eigenvalue weighted by Gasteiger charge is -2.30. The third-order valence-electron chi connectivity index (χ3n) is 6.50. The highest BCUT2D eigenvalue weighted by Crippen LogP contribution is 2.33. The third kappa shape index (κ3) is 8.57. The molecule has 230 valence electrons. The van der Waals surface area contributed by atoms with Crippen LogP contribution in [-0.4, -0.2) is 43.0 Å². The van der Waals surface area contributed by atoms with E-state index in [1.807, 2.05) is 50.2 Å². The largest absolute Gasteiger partial charge is 0.490 e. The Morgan fingerprint density at radius 2 is 1.75 bits per heavy atom. The minimum atomic E-state index is -0.622. The normalized spacial score (nSPS) is 14.5. The first-order valence-electron chi connectivity index (χ1n) is 14.2. The molecule has 4 rings (SSSR count). The maximum Gasteiger partial charge on any atom is 0.338 e. The Bertz CT molecular complexity index is 1570. The summed E-state index contributed by atoms with van der Waals surface area (Å²) in [5.74, 6) is 0.656. The van der Waals surface area contributed by atoms with E-state index < -0.39 is 17.9 Å². The highest BCUT2D eigenvalue weighted by atomic mass is 32.1. The van der Waals surface area contributed by atoms with E-state index in [-0.39, 0.29) is 13.2 Å². The van der Waals surface area contributed by atoms with Crippen LogP contribution in [0.15, 0.2) is 83.1 Å². The number of esters is 1. The van der Waals surface area contributed by atoms with Crippen LogP contribution in [0.4, 0.5) is 0 Å². The van der Waals surface area contributed by atoms with Crippen LogP contribution in [0.3, 0.4) is 0 Å². The van der Waals surface area contributed by atoms with Gasteiger partial charge in [-0.15, -0.1) is 0 Å². The number of amides is 1. The van der Waals surface area contributed by atoms with Crippen LogP contribution in [0.1, 0.15) is 49.1 Å². The van der Waals surface area contributed by atoms with Crippen molar-refractivity contribution in [2.24, 2.45) is 5.10 Å². The summed E-state index contributed by atoms with van der Waals surface area (Å²) >= 11 is 5.32. The number of nitrogens with zero attached hydrogens (tertiary/aromatic N) is 1. The number of hydrazone groups is 1. The average Bonchev–Trinajstić information content (AvgIpc) is 2.99. The molecule has 11 heteroatoms. The number of nitrogens with one attached hydrogen (secondary N) is 3. The first-order chi connectivity index (χ1) is 21.3. The van der Waals surface area contributed by atoms with E-state index in [4.69, 9.17) is 31.2 Å². The number of ether oxygens (including phenoxy) is 4. The van der Waals surface area contributed by atoms with Crippen LogP contribution in [0.25, 0.3) is 0 Å². The Hall–Kier alpha value is -4.90. The highest BCUT2D eigenvalue weighted by Gasteiger charge is 2.32. The summed E-state index contributed by atoms with van der Waals surface area (Å²) in [5, 5.41) is 10.5. The van der Waals surface area contributed by atoms with Crippen molar-refractivity contribution in [2.45, 2.75) is 40.3 Å². The molecule has 0 aliphatic carbocycles. The Kier molecular flexibility index (Phi) is 11.3. The molecule has 1 amide bonds. The molecule has 1 aliphatic heterocycles. The monoisotopic (exact) mass is 616 g/mol. The summed E-state index contributed by atoms with van der Waals surface area (Å²) in [5.41, 5.74) is 7.01. The molecule has 3 aromatic carbocycles. The van der Waals surface area contributed by atoms with E-state index in [9.17, 15) is 9.59 Å². The Morgan fingerprint density at radius 1 is 0.932 bits per heavy atom. The Labute approximate surface area is 262 Å². The number of allylic oxidation sites excluding steroid dienone is 1. The Morgan fingerprint density at radius 3 is 2.52 bits per heavy atom. The van der Waals surface area contributed by atoms with E-state index in [2.05, 4.69) is 27.2 Å². The van der Waals surface area contributed by atoms with E-state index in [1.54, 1.807) is 38.1 Å². The standard InChI is InChI=1S/C33H36N4O6S/c1-5-40-28-17-23(14-15-27(28)42-19-24-11-9-10-21(3)16-24)18-34-37-29(38)20-43-26-13-8-7-12-25(26)31-30(32(39)41-6-2)22(4)35-33(44)36-31/h7-18,31H,5-6,19-20H2,1-4H3,(H,37,38)(H2,35,36,44)/t31-/m0/s1. The molecule has 0 spiro atoms. The maximum atomic E-state index is 12.8. The molecule has 0 bridgehead atoms. The van der Waals surface area contributed by atoms with Gasteiger partial charge in [-0.2, -0.15) is 5.10 Å². The quantitative estimate of drug-likeness (QED) is 0.107. The molecule has 0 fully saturated rings. The number of rotatable bonds is 13. The zero-order valence-electron chi connectivity index (χ0n) is 25.1. The van der Waals surface area contributed by atoms with Crippen molar-refractivity contribution in [3.05, 3.63) is 100 Å². The predicted octanol–water partition coefficient (Wildman–Crippen LogP) is 4.86. The summed E-state index contributed by atoms with van der Waals surface area (Å²) in [6.07, 6.45) is 1.51. The molecular formula is C33H36N4O6S. The molecular weight excluding hydrogens is 580 g/mol. The number of carbonyl (C=O) groups excluding carboxylic acids is 2. The van der Waals surface area contributed by atoms with Gasteiger partial charge in [0.1, 0.15) is 12.4 Å². The van der Waals surface area contributed by atoms with Gasteiger partial charge in [0.05, 0.1) is 31.0 Å². The second-order valence-corrected chi connectivity index (χ2v) is 10.2. The SMILES string of the molecule is CCOC(=O)C1=C(C)NC(=S)N[C@H]1c1ccccc1OCC(=O)NN=Cc1ccc(OCc2cccc(C)c2)c(OCC)c1. The predicted molar refractivity (Wildman–Crippen MR) is 172 cm³/mol. The van der Waals surface area contributed by atoms with Gasteiger partial charge in [0.2, 0.25) is 0 Å². The van der Waals surface area contributed by atoms with Crippen molar-refractivity contribution in [2.75, 3.05) is 19.8 Å². The molecule has 3 N–H and O–H groups in total. The molecule has 44 heavy (non-hydrogen) atoms. The van der Waals surface area contributed by atoms with Crippen LogP contribution >= 0.6 is 12.2 Å². The van der Waals surface area contributed by atoms with Crippen LogP contribution in [0.2, 0.25) is 0 Å². The van der Waals surface area contributed by atoms with Gasteiger partial charge in [-0.25, -0.2) is 10.2 Å². The number of thiocarbonyl (C=S) groups is 1. The number of hydrogen-bond acceptors (Lipinski definition) is 8. The highest BCUT2D eigenvalue weighted by molar-refractivity contribution is 7.80. The van der Waals surface area contributed by atoms with Gasteiger partial charge in [0, 0.05) is 11.3 Å². The molecule has 0 unspecified atom stereocenters. The molecule has 0 aromatic heterocycles. The number of aryl methyl sites for hydroxylation is 1. The van der Waals surface area contributed by atoms with E-state index in [0.29, 0.717) is 58.0 Å². The fourth-order valence-electron chi connectivity index (χ4n) is 4.57. The zero-order chi connectivity index (χ0) is 31.5. The lowest BCUT2D eigenvalue weighted by Crippen LogP contribution is -2.45. The van der Waals surface area contributed by atoms with Crippen LogP contribution in [-0.2, 0) is 20.9 Å². The molecule has 1 heterocycles. The minimum absolute atomic E-state index is 0.227. The Balaban J connectivity index is 1.38. The molecule has 10 nitrogen and oxygen atoms in total. The zero-order valence-corrected chi connectivity index (χ0v) is 26.0. The summed E-state index contributed by atoms with van der Waals surface area (Å²) in [6.45, 7) is 8.23. The lowest BCUT2D eigenvalue weighted by molar-refractivity contribution is -0.139. The maximum absolute atomic E-state index is 12.8. The van der Waals surface area contributed by atoms with Crippen LogP contribution in [0.5, 0.6) is 17.2 Å². The van der Waals surface area contributed by atoms with Gasteiger partial charge < -0.3 is 29.6 Å². The summed E-state index contributed by atoms with van der Waals surface area (Å²) < 4.78 is 22.9. The lowest BCUT2D eigenvalue weighted by atomic mass is 9.95. The number of para-hydroxylation sites is 1. The first-order valence-corrected chi connectivity index (χ1v) is 14.6. The van der Waals surface area contributed by atoms with Crippen molar-refractivity contribution in [1.29, 1.82) is 0 Å². The van der Waals surface area contributed by atoms with E-state index >= 15 is 0 Å². The number of carbonyl (C=O) groups is 2. The van der Waals surface area contributed by atoms with Crippen molar-refractivity contribution < 1.29 is 28.5 Å². The second-order valence-electron chi connectivity index (χ2n) is 9.83. The van der Waals surface area contributed by atoms with Crippen molar-refractivity contribution in [3.8, 4) is 17.2 Å². The third-order valence-corrected chi connectivity index (χ3v) is 6.72. The van der Waals surface area contributed by atoms with Gasteiger partial charge in [0.25, 0.3) is 5.91 Å². The molecule has 0 saturated carbocycles. The molecule has 1 atom stereocenters. The topological polar surface area (TPSA) is 120 Å². The fourth-order valence-corrected chi connectivity index (χ4v) is 4.84.